The van der Waals surface area contributed by atoms with E-state index in [1.54, 1.807) is 19.1 Å². The molecule has 1 saturated carbocycles. The summed E-state index contributed by atoms with van der Waals surface area (Å²) in [5, 5.41) is 2.88. The van der Waals surface area contributed by atoms with Crippen molar-refractivity contribution in [2.75, 3.05) is 26.0 Å². The topological polar surface area (TPSA) is 69.7 Å². The quantitative estimate of drug-likeness (QED) is 0.637. The Balaban J connectivity index is 1.68. The van der Waals surface area contributed by atoms with Gasteiger partial charge < -0.3 is 5.32 Å². The normalized spacial score (nSPS) is 14.5. The summed E-state index contributed by atoms with van der Waals surface area (Å²) in [7, 11) is -0.569. The summed E-state index contributed by atoms with van der Waals surface area (Å²) in [6.07, 6.45) is 2.21. The van der Waals surface area contributed by atoms with Crippen LogP contribution in [0.15, 0.2) is 47.4 Å². The third kappa shape index (κ3) is 5.93. The standard InChI is InChI=1S/C24H33N3O3S/c1-17(2)20-9-7-19(8-10-20)15-27(22-12-13-22)16-24(28)25-21-11-6-18(3)23(14-21)31(29,30)26(4)5/h6-11,14,17,22H,12-13,15-16H2,1-5H3,(H,25,28). The predicted molar refractivity (Wildman–Crippen MR) is 125 cm³/mol. The van der Waals surface area contributed by atoms with Crippen LogP contribution in [0.2, 0.25) is 0 Å². The van der Waals surface area contributed by atoms with Gasteiger partial charge in [0.2, 0.25) is 15.9 Å². The van der Waals surface area contributed by atoms with Crippen LogP contribution in [0.1, 0.15) is 49.3 Å². The molecule has 1 N–H and O–H groups in total. The summed E-state index contributed by atoms with van der Waals surface area (Å²) in [6.45, 7) is 7.11. The molecule has 6 nitrogen and oxygen atoms in total. The molecule has 0 atom stereocenters. The van der Waals surface area contributed by atoms with Gasteiger partial charge in [-0.2, -0.15) is 0 Å². The zero-order valence-corrected chi connectivity index (χ0v) is 19.9. The molecule has 1 fully saturated rings. The molecular weight excluding hydrogens is 410 g/mol. The van der Waals surface area contributed by atoms with Crippen molar-refractivity contribution < 1.29 is 13.2 Å². The number of sulfonamides is 1. The van der Waals surface area contributed by atoms with Crippen LogP contribution in [-0.2, 0) is 21.4 Å². The maximum Gasteiger partial charge on any atom is 0.242 e. The molecule has 1 aliphatic carbocycles. The smallest absolute Gasteiger partial charge is 0.242 e. The number of aryl methyl sites for hydroxylation is 1. The molecular formula is C24H33N3O3S. The number of amides is 1. The maximum absolute atomic E-state index is 12.8. The lowest BCUT2D eigenvalue weighted by atomic mass is 10.0. The van der Waals surface area contributed by atoms with E-state index in [-0.39, 0.29) is 17.3 Å². The van der Waals surface area contributed by atoms with Gasteiger partial charge >= 0.3 is 0 Å². The second-order valence-electron chi connectivity index (χ2n) is 8.85. The molecule has 0 spiro atoms. The zero-order valence-electron chi connectivity index (χ0n) is 19.1. The highest BCUT2D eigenvalue weighted by atomic mass is 32.2. The second kappa shape index (κ2) is 9.51. The fraction of sp³-hybridized carbons (Fsp3) is 0.458. The molecule has 0 bridgehead atoms. The minimum Gasteiger partial charge on any atom is -0.325 e. The molecule has 31 heavy (non-hydrogen) atoms. The van der Waals surface area contributed by atoms with Gasteiger partial charge in [-0.15, -0.1) is 0 Å². The van der Waals surface area contributed by atoms with Gasteiger partial charge in [-0.25, -0.2) is 12.7 Å². The molecule has 0 saturated heterocycles. The van der Waals surface area contributed by atoms with Gasteiger partial charge in [0, 0.05) is 32.4 Å². The molecule has 2 aromatic carbocycles. The molecule has 2 aromatic rings. The van der Waals surface area contributed by atoms with Crippen LogP contribution in [0.25, 0.3) is 0 Å². The van der Waals surface area contributed by atoms with Gasteiger partial charge in [0.1, 0.15) is 0 Å². The Morgan fingerprint density at radius 3 is 2.29 bits per heavy atom. The SMILES string of the molecule is Cc1ccc(NC(=O)CN(Cc2ccc(C(C)C)cc2)C2CC2)cc1S(=O)(=O)N(C)C. The van der Waals surface area contributed by atoms with Crippen molar-refractivity contribution in [2.24, 2.45) is 0 Å². The molecule has 0 radical (unpaired) electrons. The van der Waals surface area contributed by atoms with E-state index in [1.165, 1.54) is 35.6 Å². The minimum absolute atomic E-state index is 0.136. The average Bonchev–Trinajstić information content (AvgIpc) is 3.54. The monoisotopic (exact) mass is 443 g/mol. The highest BCUT2D eigenvalue weighted by Gasteiger charge is 2.30. The summed E-state index contributed by atoms with van der Waals surface area (Å²) >= 11 is 0. The summed E-state index contributed by atoms with van der Waals surface area (Å²) in [4.78, 5) is 15.2. The van der Waals surface area contributed by atoms with E-state index in [0.717, 1.165) is 19.4 Å². The van der Waals surface area contributed by atoms with Crippen LogP contribution in [-0.4, -0.2) is 50.2 Å². The van der Waals surface area contributed by atoms with Gasteiger partial charge in [-0.05, 0) is 54.5 Å². The van der Waals surface area contributed by atoms with Gasteiger partial charge in [-0.3, -0.25) is 9.69 Å². The van der Waals surface area contributed by atoms with Crippen LogP contribution in [0.5, 0.6) is 0 Å². The number of anilines is 1. The molecule has 1 amide bonds. The lowest BCUT2D eigenvalue weighted by Crippen LogP contribution is -2.34. The Labute approximate surface area is 186 Å². The first-order valence-electron chi connectivity index (χ1n) is 10.7. The Bertz CT molecular complexity index is 1030. The fourth-order valence-corrected chi connectivity index (χ4v) is 4.68. The van der Waals surface area contributed by atoms with E-state index < -0.39 is 10.0 Å². The van der Waals surface area contributed by atoms with Gasteiger partial charge in [-0.1, -0.05) is 44.2 Å². The lowest BCUT2D eigenvalue weighted by molar-refractivity contribution is -0.117. The van der Waals surface area contributed by atoms with E-state index in [2.05, 4.69) is 48.3 Å². The summed E-state index contributed by atoms with van der Waals surface area (Å²) < 4.78 is 26.3. The number of nitrogens with zero attached hydrogens (tertiary/aromatic N) is 2. The van der Waals surface area contributed by atoms with E-state index >= 15 is 0 Å². The maximum atomic E-state index is 12.8. The van der Waals surface area contributed by atoms with Crippen LogP contribution in [0.3, 0.4) is 0 Å². The third-order valence-corrected chi connectivity index (χ3v) is 7.63. The molecule has 7 heteroatoms. The summed E-state index contributed by atoms with van der Waals surface area (Å²) in [5.74, 6) is 0.359. The molecule has 0 unspecified atom stereocenters. The van der Waals surface area contributed by atoms with Gasteiger partial charge in [0.15, 0.2) is 0 Å². The van der Waals surface area contributed by atoms with Crippen molar-refractivity contribution in [3.05, 3.63) is 59.2 Å². The minimum atomic E-state index is -3.57. The largest absolute Gasteiger partial charge is 0.325 e. The average molecular weight is 444 g/mol. The van der Waals surface area contributed by atoms with E-state index in [0.29, 0.717) is 23.2 Å². The molecule has 0 aliphatic heterocycles. The number of hydrogen-bond acceptors (Lipinski definition) is 4. The van der Waals surface area contributed by atoms with Gasteiger partial charge in [0.05, 0.1) is 11.4 Å². The number of nitrogens with one attached hydrogen (secondary N) is 1. The van der Waals surface area contributed by atoms with Crippen molar-refractivity contribution >= 4 is 21.6 Å². The molecule has 1 aliphatic rings. The highest BCUT2D eigenvalue weighted by molar-refractivity contribution is 7.89. The molecule has 3 rings (SSSR count). The first-order valence-corrected chi connectivity index (χ1v) is 12.2. The number of rotatable bonds is 9. The van der Waals surface area contributed by atoms with E-state index in [1.807, 2.05) is 0 Å². The van der Waals surface area contributed by atoms with Crippen molar-refractivity contribution in [1.29, 1.82) is 0 Å². The number of benzene rings is 2. The Morgan fingerprint density at radius 2 is 1.74 bits per heavy atom. The van der Waals surface area contributed by atoms with Crippen molar-refractivity contribution in [3.8, 4) is 0 Å². The van der Waals surface area contributed by atoms with Crippen molar-refractivity contribution in [2.45, 2.75) is 57.0 Å². The zero-order chi connectivity index (χ0) is 22.8. The Morgan fingerprint density at radius 1 is 1.10 bits per heavy atom. The highest BCUT2D eigenvalue weighted by Crippen LogP contribution is 2.29. The Hall–Kier alpha value is -2.22. The van der Waals surface area contributed by atoms with Crippen LogP contribution in [0, 0.1) is 6.92 Å². The molecule has 0 heterocycles. The Kier molecular flexibility index (Phi) is 7.19. The first-order chi connectivity index (χ1) is 14.6. The molecule has 0 aromatic heterocycles. The van der Waals surface area contributed by atoms with Gasteiger partial charge in [0.25, 0.3) is 0 Å². The summed E-state index contributed by atoms with van der Waals surface area (Å²) in [5.41, 5.74) is 3.64. The fourth-order valence-electron chi connectivity index (χ4n) is 3.53. The van der Waals surface area contributed by atoms with Crippen LogP contribution < -0.4 is 5.32 Å². The van der Waals surface area contributed by atoms with Crippen LogP contribution in [0.4, 0.5) is 5.69 Å². The third-order valence-electron chi connectivity index (χ3n) is 5.67. The second-order valence-corrected chi connectivity index (χ2v) is 11.0. The predicted octanol–water partition coefficient (Wildman–Crippen LogP) is 3.97. The first kappa shape index (κ1) is 23.4. The van der Waals surface area contributed by atoms with E-state index in [4.69, 9.17) is 0 Å². The summed E-state index contributed by atoms with van der Waals surface area (Å²) in [6, 6.07) is 14.0. The lowest BCUT2D eigenvalue weighted by Gasteiger charge is -2.22. The molecule has 168 valence electrons. The number of hydrogen-bond donors (Lipinski definition) is 1. The van der Waals surface area contributed by atoms with Crippen LogP contribution >= 0.6 is 0 Å². The van der Waals surface area contributed by atoms with Crippen molar-refractivity contribution in [3.63, 3.8) is 0 Å². The number of carbonyl (C=O) groups is 1. The van der Waals surface area contributed by atoms with Crippen molar-refractivity contribution in [1.82, 2.24) is 9.21 Å². The van der Waals surface area contributed by atoms with E-state index in [9.17, 15) is 13.2 Å². The number of carbonyl (C=O) groups excluding carboxylic acids is 1.